The summed E-state index contributed by atoms with van der Waals surface area (Å²) in [4.78, 5) is 20.8. The lowest BCUT2D eigenvalue weighted by Gasteiger charge is -2.34. The highest BCUT2D eigenvalue weighted by Crippen LogP contribution is 2.65. The first kappa shape index (κ1) is 35.7. The number of thiophene rings is 3. The van der Waals surface area contributed by atoms with E-state index >= 15 is 0 Å². The van der Waals surface area contributed by atoms with Gasteiger partial charge in [-0.1, -0.05) is 66.6 Å². The maximum Gasteiger partial charge on any atom is 0.194 e. The summed E-state index contributed by atoms with van der Waals surface area (Å²) in [5, 5.41) is 42.9. The molecule has 0 bridgehead atoms. The van der Waals surface area contributed by atoms with Crippen LogP contribution in [0.2, 0.25) is 0 Å². The van der Waals surface area contributed by atoms with Crippen molar-refractivity contribution in [3.8, 4) is 43.8 Å². The maximum atomic E-state index is 14.0. The quantitative estimate of drug-likeness (QED) is 0.133. The summed E-state index contributed by atoms with van der Waals surface area (Å²) >= 11 is 5.20. The van der Waals surface area contributed by atoms with E-state index in [0.29, 0.717) is 5.56 Å². The molecule has 6 aromatic rings. The number of nitrogens with one attached hydrogen (secondary N) is 1. The fraction of sp³-hybridized carbons (Fsp3) is 0.152. The van der Waals surface area contributed by atoms with E-state index in [2.05, 4.69) is 93.7 Å². The van der Waals surface area contributed by atoms with Crippen LogP contribution in [0, 0.1) is 66.1 Å². The van der Waals surface area contributed by atoms with Gasteiger partial charge in [0.2, 0.25) is 0 Å². The monoisotopic (exact) mass is 765 g/mol. The number of fused-ring (bicyclic) bond motifs is 4. The van der Waals surface area contributed by atoms with E-state index in [-0.39, 0.29) is 39.2 Å². The number of carbonyl (C=O) groups excluding carboxylic acids is 1. The van der Waals surface area contributed by atoms with Gasteiger partial charge in [-0.05, 0) is 85.4 Å². The fourth-order valence-corrected chi connectivity index (χ4v) is 12.0. The molecule has 0 saturated heterocycles. The van der Waals surface area contributed by atoms with Crippen LogP contribution >= 0.6 is 34.0 Å². The zero-order valence-electron chi connectivity index (χ0n) is 30.6. The molecule has 0 atom stereocenters. The van der Waals surface area contributed by atoms with Gasteiger partial charge < -0.3 is 5.32 Å². The van der Waals surface area contributed by atoms with Crippen LogP contribution in [0.25, 0.3) is 31.2 Å². The molecule has 0 unspecified atom stereocenters. The van der Waals surface area contributed by atoms with Gasteiger partial charge in [-0.3, -0.25) is 4.79 Å². The molecular weight excluding hydrogens is 735 g/mol. The molecule has 0 radical (unpaired) electrons. The first-order chi connectivity index (χ1) is 26.6. The number of nitrogens with zero attached hydrogens (tertiary/aromatic N) is 4. The highest BCUT2D eigenvalue weighted by Gasteiger charge is 2.51. The van der Waals surface area contributed by atoms with E-state index < -0.39 is 5.41 Å². The molecular formula is C46H31N5OS3. The summed E-state index contributed by atoms with van der Waals surface area (Å²) in [5.41, 5.74) is 9.91. The summed E-state index contributed by atoms with van der Waals surface area (Å²) in [7, 11) is 2.01. The van der Waals surface area contributed by atoms with Gasteiger partial charge in [-0.25, -0.2) is 0 Å². The Kier molecular flexibility index (Phi) is 8.77. The Morgan fingerprint density at radius 1 is 0.764 bits per heavy atom. The summed E-state index contributed by atoms with van der Waals surface area (Å²) in [6.07, 6.45) is 2.50. The van der Waals surface area contributed by atoms with Crippen LogP contribution in [0.5, 0.6) is 0 Å². The molecule has 55 heavy (non-hydrogen) atoms. The Labute approximate surface area is 331 Å². The Bertz CT molecular complexity index is 2810. The molecule has 2 aliphatic rings. The molecule has 0 spiro atoms. The molecule has 264 valence electrons. The Morgan fingerprint density at radius 3 is 1.91 bits per heavy atom. The molecule has 2 aliphatic carbocycles. The second-order valence-electron chi connectivity index (χ2n) is 13.7. The van der Waals surface area contributed by atoms with Crippen LogP contribution in [0.15, 0.2) is 83.9 Å². The molecule has 0 aliphatic heterocycles. The van der Waals surface area contributed by atoms with Crippen LogP contribution in [-0.4, -0.2) is 12.8 Å². The van der Waals surface area contributed by atoms with E-state index in [1.54, 1.807) is 28.7 Å². The summed E-state index contributed by atoms with van der Waals surface area (Å²) < 4.78 is 0. The van der Waals surface area contributed by atoms with Crippen LogP contribution < -0.4 is 5.32 Å². The lowest BCUT2D eigenvalue weighted by Crippen LogP contribution is -2.29. The minimum atomic E-state index is -0.560. The molecule has 9 heteroatoms. The number of anilines is 1. The minimum absolute atomic E-state index is 0.0707. The molecule has 3 aromatic heterocycles. The van der Waals surface area contributed by atoms with Crippen LogP contribution in [0.4, 0.5) is 5.69 Å². The van der Waals surface area contributed by atoms with E-state index in [1.165, 1.54) is 60.1 Å². The second-order valence-corrected chi connectivity index (χ2v) is 17.1. The highest BCUT2D eigenvalue weighted by atomic mass is 32.1. The number of allylic oxidation sites excluding steroid dienone is 3. The number of carbonyl (C=O) groups is 1. The van der Waals surface area contributed by atoms with Gasteiger partial charge in [0.1, 0.15) is 29.8 Å². The lowest BCUT2D eigenvalue weighted by molar-refractivity contribution is 0.104. The Hall–Kier alpha value is -6.33. The van der Waals surface area contributed by atoms with Gasteiger partial charge in [-0.15, -0.1) is 34.0 Å². The maximum absolute atomic E-state index is 14.0. The molecule has 0 amide bonds. The molecule has 8 rings (SSSR count). The van der Waals surface area contributed by atoms with Gasteiger partial charge in [0.05, 0.1) is 32.0 Å². The third kappa shape index (κ3) is 5.25. The minimum Gasteiger partial charge on any atom is -0.387 e. The van der Waals surface area contributed by atoms with E-state index in [0.717, 1.165) is 32.3 Å². The number of nitriles is 4. The van der Waals surface area contributed by atoms with E-state index in [1.807, 2.05) is 42.7 Å². The standard InChI is InChI=1S/C46H31N5OS3/c1-6-27-15-33(18-36-39(30(22-49)23-50)34-16-28(20-47)29(21-48)17-35(34)42(36)52)54-43(27)38-19-37-44(55-38)45-40(41(51-5)26(4)53-45)46(37,31-11-7-24(2)8-12-31)32-13-9-25(3)10-14-32/h7-19,51H,6H2,1-5H3/b36-18-. The van der Waals surface area contributed by atoms with Crippen molar-refractivity contribution in [2.45, 2.75) is 39.5 Å². The van der Waals surface area contributed by atoms with Crippen molar-refractivity contribution in [3.63, 3.8) is 0 Å². The second kappa shape index (κ2) is 13.5. The smallest absolute Gasteiger partial charge is 0.194 e. The number of hydrogen-bond acceptors (Lipinski definition) is 9. The number of rotatable bonds is 6. The first-order valence-corrected chi connectivity index (χ1v) is 20.1. The van der Waals surface area contributed by atoms with Crippen LogP contribution in [-0.2, 0) is 11.8 Å². The topological polar surface area (TPSA) is 124 Å². The van der Waals surface area contributed by atoms with Crippen molar-refractivity contribution in [2.24, 2.45) is 0 Å². The van der Waals surface area contributed by atoms with Crippen LogP contribution in [0.3, 0.4) is 0 Å². The Balaban J connectivity index is 1.34. The molecule has 3 aromatic carbocycles. The average molecular weight is 766 g/mol. The largest absolute Gasteiger partial charge is 0.387 e. The molecule has 0 saturated carbocycles. The summed E-state index contributed by atoms with van der Waals surface area (Å²) in [5.74, 6) is -0.390. The SMILES string of the molecule is CCc1cc(/C=C2\C(=O)c3cc(C#N)c(C#N)cc3C2=C(C#N)C#N)sc1-c1cc2c(s1)-c1sc(C)c(NC)c1C2(c1ccc(C)cc1)c1ccc(C)cc1. The van der Waals surface area contributed by atoms with Crippen molar-refractivity contribution in [2.75, 3.05) is 12.4 Å². The molecule has 3 heterocycles. The van der Waals surface area contributed by atoms with Crippen molar-refractivity contribution in [1.29, 1.82) is 21.0 Å². The predicted molar refractivity (Wildman–Crippen MR) is 222 cm³/mol. The third-order valence-electron chi connectivity index (χ3n) is 10.6. The summed E-state index contributed by atoms with van der Waals surface area (Å²) in [6.45, 7) is 8.53. The number of benzene rings is 3. The number of ketones is 1. The van der Waals surface area contributed by atoms with Gasteiger partial charge in [-0.2, -0.15) is 21.0 Å². The normalized spacial score (nSPS) is 14.1. The van der Waals surface area contributed by atoms with Gasteiger partial charge in [0.25, 0.3) is 0 Å². The first-order valence-electron chi connectivity index (χ1n) is 17.7. The lowest BCUT2D eigenvalue weighted by atomic mass is 9.67. The summed E-state index contributed by atoms with van der Waals surface area (Å²) in [6, 6.07) is 33.0. The predicted octanol–water partition coefficient (Wildman–Crippen LogP) is 11.3. The van der Waals surface area contributed by atoms with E-state index in [9.17, 15) is 25.8 Å². The molecule has 0 fully saturated rings. The number of hydrogen-bond donors (Lipinski definition) is 1. The zero-order valence-corrected chi connectivity index (χ0v) is 33.1. The number of Topliss-reactive ketones (excluding diaryl/α,β-unsaturated/α-hetero) is 1. The zero-order chi connectivity index (χ0) is 38.8. The van der Waals surface area contributed by atoms with Crippen molar-refractivity contribution in [3.05, 3.63) is 155 Å². The average Bonchev–Trinajstić information content (AvgIpc) is 3.99. The van der Waals surface area contributed by atoms with Gasteiger partial charge >= 0.3 is 0 Å². The number of aryl methyl sites for hydroxylation is 4. The van der Waals surface area contributed by atoms with Crippen molar-refractivity contribution >= 4 is 57.1 Å². The van der Waals surface area contributed by atoms with Crippen molar-refractivity contribution in [1.82, 2.24) is 0 Å². The third-order valence-corrected chi connectivity index (χ3v) is 14.3. The van der Waals surface area contributed by atoms with E-state index in [4.69, 9.17) is 0 Å². The van der Waals surface area contributed by atoms with Gasteiger partial charge in [0, 0.05) is 48.8 Å². The fourth-order valence-electron chi connectivity index (χ4n) is 8.08. The van der Waals surface area contributed by atoms with Crippen LogP contribution in [0.1, 0.15) is 82.7 Å². The Morgan fingerprint density at radius 2 is 1.36 bits per heavy atom. The van der Waals surface area contributed by atoms with Crippen molar-refractivity contribution < 1.29 is 4.79 Å². The molecule has 1 N–H and O–H groups in total. The molecule has 6 nitrogen and oxygen atoms in total. The van der Waals surface area contributed by atoms with Gasteiger partial charge in [0.15, 0.2) is 5.78 Å². The highest BCUT2D eigenvalue weighted by molar-refractivity contribution is 7.27.